The summed E-state index contributed by atoms with van der Waals surface area (Å²) in [6.07, 6.45) is 0. The molecule has 0 rings (SSSR count). The van der Waals surface area contributed by atoms with E-state index in [4.69, 9.17) is 5.11 Å². The molecule has 0 amide bonds. The fourth-order valence-corrected chi connectivity index (χ4v) is 0.368. The smallest absolute Gasteiger partial charge is 0.319 e. The number of ether oxygens (including phenoxy) is 1. The Morgan fingerprint density at radius 1 is 1.23 bits per heavy atom. The first-order chi connectivity index (χ1) is 6.08. The summed E-state index contributed by atoms with van der Waals surface area (Å²) in [5.74, 6) is -1.06. The van der Waals surface area contributed by atoms with Crippen LogP contribution in [-0.2, 0) is 14.3 Å². The zero-order valence-corrected chi connectivity index (χ0v) is 8.09. The van der Waals surface area contributed by atoms with Gasteiger partial charge in [-0.25, -0.2) is 0 Å². The number of carboxylic acids is 1. The predicted octanol–water partition coefficient (Wildman–Crippen LogP) is -1.33. The summed E-state index contributed by atoms with van der Waals surface area (Å²) in [7, 11) is 4.64. The van der Waals surface area contributed by atoms with Crippen molar-refractivity contribution in [1.29, 1.82) is 0 Å². The number of rotatable bonds is 4. The molecule has 0 aromatic carbocycles. The standard InChI is InChI=1S/C4H9NO2.C3H7NO2/c1-5-3-4(6)7-2;1-4-2-3(5)6/h5H,3H2,1-2H3;4H,2H2,1H3,(H,5,6). The number of methoxy groups -OCH3 is 1. The molecule has 0 aliphatic carbocycles. The summed E-state index contributed by atoms with van der Waals surface area (Å²) in [4.78, 5) is 19.7. The Morgan fingerprint density at radius 2 is 1.69 bits per heavy atom. The van der Waals surface area contributed by atoms with Crippen molar-refractivity contribution in [2.45, 2.75) is 0 Å². The maximum atomic E-state index is 10.1. The van der Waals surface area contributed by atoms with Gasteiger partial charge in [0.15, 0.2) is 0 Å². The number of hydrogen-bond donors (Lipinski definition) is 3. The minimum atomic E-state index is -0.822. The van der Waals surface area contributed by atoms with Crippen LogP contribution in [0.1, 0.15) is 0 Å². The Kier molecular flexibility index (Phi) is 12.0. The second kappa shape index (κ2) is 10.9. The third kappa shape index (κ3) is 18.1. The number of nitrogens with one attached hydrogen (secondary N) is 2. The Hall–Kier alpha value is -1.14. The zero-order chi connectivity index (χ0) is 10.7. The minimum Gasteiger partial charge on any atom is -0.480 e. The van der Waals surface area contributed by atoms with Gasteiger partial charge in [-0.1, -0.05) is 0 Å². The maximum absolute atomic E-state index is 10.1. The van der Waals surface area contributed by atoms with Gasteiger partial charge in [0.2, 0.25) is 0 Å². The molecule has 3 N–H and O–H groups in total. The van der Waals surface area contributed by atoms with Crippen LogP contribution in [0, 0.1) is 0 Å². The molecule has 0 saturated carbocycles. The van der Waals surface area contributed by atoms with Crippen molar-refractivity contribution >= 4 is 11.9 Å². The SMILES string of the molecule is CNCC(=O)O.CNCC(=O)OC. The van der Waals surface area contributed by atoms with E-state index in [0.29, 0.717) is 0 Å². The van der Waals surface area contributed by atoms with Crippen molar-refractivity contribution in [2.75, 3.05) is 34.3 Å². The summed E-state index contributed by atoms with van der Waals surface area (Å²) in [5.41, 5.74) is 0. The normalized spacial score (nSPS) is 8.23. The summed E-state index contributed by atoms with van der Waals surface area (Å²) in [6, 6.07) is 0. The molecule has 0 spiro atoms. The van der Waals surface area contributed by atoms with Gasteiger partial charge in [0.25, 0.3) is 0 Å². The fraction of sp³-hybridized carbons (Fsp3) is 0.714. The lowest BCUT2D eigenvalue weighted by Crippen LogP contribution is -2.19. The van der Waals surface area contributed by atoms with Crippen LogP contribution < -0.4 is 10.6 Å². The van der Waals surface area contributed by atoms with Gasteiger partial charge in [-0.2, -0.15) is 0 Å². The first kappa shape index (κ1) is 14.4. The Morgan fingerprint density at radius 3 is 1.77 bits per heavy atom. The highest BCUT2D eigenvalue weighted by molar-refractivity contribution is 5.71. The van der Waals surface area contributed by atoms with E-state index >= 15 is 0 Å². The molecule has 0 aliphatic heterocycles. The zero-order valence-electron chi connectivity index (χ0n) is 8.09. The molecule has 0 heterocycles. The molecule has 0 atom stereocenters. The van der Waals surface area contributed by atoms with Crippen molar-refractivity contribution in [3.05, 3.63) is 0 Å². The highest BCUT2D eigenvalue weighted by atomic mass is 16.5. The molecule has 0 aromatic rings. The van der Waals surface area contributed by atoms with Gasteiger partial charge < -0.3 is 20.5 Å². The third-order valence-electron chi connectivity index (χ3n) is 0.877. The number of esters is 1. The summed E-state index contributed by atoms with van der Waals surface area (Å²) < 4.78 is 4.29. The van der Waals surface area contributed by atoms with Crippen molar-refractivity contribution < 1.29 is 19.4 Å². The van der Waals surface area contributed by atoms with E-state index in [2.05, 4.69) is 15.4 Å². The molecule has 13 heavy (non-hydrogen) atoms. The van der Waals surface area contributed by atoms with Crippen LogP contribution in [0.25, 0.3) is 0 Å². The van der Waals surface area contributed by atoms with Gasteiger partial charge in [-0.15, -0.1) is 0 Å². The molecule has 0 fully saturated rings. The number of carbonyl (C=O) groups is 2. The average Bonchev–Trinajstić information content (AvgIpc) is 2.05. The first-order valence-electron chi connectivity index (χ1n) is 3.66. The molecular weight excluding hydrogens is 176 g/mol. The summed E-state index contributed by atoms with van der Waals surface area (Å²) in [6.45, 7) is 0.330. The van der Waals surface area contributed by atoms with Crippen LogP contribution in [0.3, 0.4) is 0 Å². The Bertz CT molecular complexity index is 149. The van der Waals surface area contributed by atoms with Crippen molar-refractivity contribution in [3.8, 4) is 0 Å². The number of carboxylic acid groups (broad SMARTS) is 1. The molecule has 0 aliphatic rings. The van der Waals surface area contributed by atoms with Gasteiger partial charge in [0.05, 0.1) is 20.2 Å². The van der Waals surface area contributed by atoms with E-state index in [1.54, 1.807) is 14.1 Å². The molecule has 0 unspecified atom stereocenters. The van der Waals surface area contributed by atoms with Crippen LogP contribution in [0.15, 0.2) is 0 Å². The number of aliphatic carboxylic acids is 1. The van der Waals surface area contributed by atoms with E-state index in [-0.39, 0.29) is 19.1 Å². The second-order valence-corrected chi connectivity index (χ2v) is 2.03. The summed E-state index contributed by atoms with van der Waals surface area (Å²) in [5, 5.41) is 13.0. The van der Waals surface area contributed by atoms with Crippen LogP contribution in [0.4, 0.5) is 0 Å². The lowest BCUT2D eigenvalue weighted by molar-refractivity contribution is -0.139. The Labute approximate surface area is 77.3 Å². The molecule has 0 bridgehead atoms. The number of likely N-dealkylation sites (N-methyl/N-ethyl adjacent to an activating group) is 2. The van der Waals surface area contributed by atoms with E-state index < -0.39 is 5.97 Å². The lowest BCUT2D eigenvalue weighted by atomic mass is 10.7. The van der Waals surface area contributed by atoms with E-state index in [1.165, 1.54) is 7.11 Å². The highest BCUT2D eigenvalue weighted by Crippen LogP contribution is 1.64. The summed E-state index contributed by atoms with van der Waals surface area (Å²) >= 11 is 0. The van der Waals surface area contributed by atoms with Gasteiger partial charge >= 0.3 is 11.9 Å². The maximum Gasteiger partial charge on any atom is 0.319 e. The fourth-order valence-electron chi connectivity index (χ4n) is 0.368. The topological polar surface area (TPSA) is 87.7 Å². The average molecular weight is 192 g/mol. The van der Waals surface area contributed by atoms with Gasteiger partial charge in [-0.05, 0) is 14.1 Å². The van der Waals surface area contributed by atoms with E-state index in [9.17, 15) is 9.59 Å². The van der Waals surface area contributed by atoms with Crippen molar-refractivity contribution in [3.63, 3.8) is 0 Å². The molecule has 78 valence electrons. The van der Waals surface area contributed by atoms with Crippen molar-refractivity contribution in [2.24, 2.45) is 0 Å². The molecule has 0 aromatic heterocycles. The Balaban J connectivity index is 0. The molecular formula is C7H16N2O4. The van der Waals surface area contributed by atoms with Crippen molar-refractivity contribution in [1.82, 2.24) is 10.6 Å². The second-order valence-electron chi connectivity index (χ2n) is 2.03. The van der Waals surface area contributed by atoms with E-state index in [0.717, 1.165) is 0 Å². The molecule has 6 nitrogen and oxygen atoms in total. The van der Waals surface area contributed by atoms with Crippen LogP contribution in [0.5, 0.6) is 0 Å². The third-order valence-corrected chi connectivity index (χ3v) is 0.877. The van der Waals surface area contributed by atoms with Gasteiger partial charge in [0.1, 0.15) is 0 Å². The molecule has 0 radical (unpaired) electrons. The van der Waals surface area contributed by atoms with Gasteiger partial charge in [0, 0.05) is 0 Å². The molecule has 0 saturated heterocycles. The van der Waals surface area contributed by atoms with Gasteiger partial charge in [-0.3, -0.25) is 9.59 Å². The van der Waals surface area contributed by atoms with Crippen LogP contribution in [-0.4, -0.2) is 51.3 Å². The quantitative estimate of drug-likeness (QED) is 0.478. The number of carbonyl (C=O) groups excluding carboxylic acids is 1. The van der Waals surface area contributed by atoms with E-state index in [1.807, 2.05) is 0 Å². The number of hydrogen-bond acceptors (Lipinski definition) is 5. The van der Waals surface area contributed by atoms with Crippen LogP contribution >= 0.6 is 0 Å². The minimum absolute atomic E-state index is 0.0417. The molecule has 6 heteroatoms. The van der Waals surface area contributed by atoms with Crippen LogP contribution in [0.2, 0.25) is 0 Å². The lowest BCUT2D eigenvalue weighted by Gasteiger charge is -1.93. The first-order valence-corrected chi connectivity index (χ1v) is 3.66. The highest BCUT2D eigenvalue weighted by Gasteiger charge is 1.91. The predicted molar refractivity (Wildman–Crippen MR) is 47.5 cm³/mol. The monoisotopic (exact) mass is 192 g/mol. The largest absolute Gasteiger partial charge is 0.480 e.